The van der Waals surface area contributed by atoms with Crippen LogP contribution >= 0.6 is 11.6 Å². The second kappa shape index (κ2) is 8.02. The number of ether oxygens (including phenoxy) is 1. The lowest BCUT2D eigenvalue weighted by atomic mass is 10.1. The first-order valence-corrected chi connectivity index (χ1v) is 8.24. The summed E-state index contributed by atoms with van der Waals surface area (Å²) in [6.07, 6.45) is 2.57. The van der Waals surface area contributed by atoms with Gasteiger partial charge in [-0.1, -0.05) is 25.4 Å². The summed E-state index contributed by atoms with van der Waals surface area (Å²) in [4.78, 5) is 2.52. The highest BCUT2D eigenvalue weighted by atomic mass is 35.5. The summed E-state index contributed by atoms with van der Waals surface area (Å²) in [5.74, 6) is 1.57. The van der Waals surface area contributed by atoms with E-state index in [1.54, 1.807) is 7.11 Å². The molecule has 1 aromatic carbocycles. The summed E-state index contributed by atoms with van der Waals surface area (Å²) >= 11 is 6.15. The highest BCUT2D eigenvalue weighted by molar-refractivity contribution is 6.30. The molecule has 1 aliphatic heterocycles. The second-order valence-electron chi connectivity index (χ2n) is 6.34. The van der Waals surface area contributed by atoms with E-state index in [9.17, 15) is 0 Å². The van der Waals surface area contributed by atoms with Gasteiger partial charge in [0.1, 0.15) is 5.75 Å². The van der Waals surface area contributed by atoms with Crippen LogP contribution in [0.3, 0.4) is 0 Å². The van der Waals surface area contributed by atoms with Crippen LogP contribution in [0.1, 0.15) is 32.3 Å². The van der Waals surface area contributed by atoms with Crippen molar-refractivity contribution in [3.63, 3.8) is 0 Å². The zero-order valence-electron chi connectivity index (χ0n) is 13.4. The van der Waals surface area contributed by atoms with Crippen LogP contribution in [0.25, 0.3) is 0 Å². The van der Waals surface area contributed by atoms with Crippen LogP contribution < -0.4 is 10.1 Å². The lowest BCUT2D eigenvalue weighted by molar-refractivity contribution is 0.213. The number of benzene rings is 1. The van der Waals surface area contributed by atoms with Gasteiger partial charge in [0, 0.05) is 36.3 Å². The molecule has 1 N–H and O–H groups in total. The monoisotopic (exact) mass is 310 g/mol. The summed E-state index contributed by atoms with van der Waals surface area (Å²) in [7, 11) is 1.72. The summed E-state index contributed by atoms with van der Waals surface area (Å²) in [6, 6.07) is 6.48. The Kier molecular flexibility index (Phi) is 6.34. The molecular weight excluding hydrogens is 284 g/mol. The predicted octanol–water partition coefficient (Wildman–Crippen LogP) is 3.56. The van der Waals surface area contributed by atoms with Crippen molar-refractivity contribution in [2.75, 3.05) is 26.7 Å². The standard InChI is InChI=1S/C17H27ClN2O/c1-13(2)10-20(12-16-5-4-8-19-16)11-14-9-15(18)6-7-17(14)21-3/h6-7,9,13,16,19H,4-5,8,10-12H2,1-3H3. The van der Waals surface area contributed by atoms with E-state index >= 15 is 0 Å². The van der Waals surface area contributed by atoms with Gasteiger partial charge in [0.05, 0.1) is 7.11 Å². The highest BCUT2D eigenvalue weighted by Crippen LogP contribution is 2.24. The maximum absolute atomic E-state index is 6.15. The third-order valence-corrected chi connectivity index (χ3v) is 4.14. The number of halogens is 1. The molecule has 0 amide bonds. The molecule has 0 aliphatic carbocycles. The normalized spacial score (nSPS) is 18.7. The van der Waals surface area contributed by atoms with E-state index in [1.165, 1.54) is 18.4 Å². The molecule has 1 atom stereocenters. The molecule has 4 heteroatoms. The lowest BCUT2D eigenvalue weighted by Gasteiger charge is -2.28. The van der Waals surface area contributed by atoms with Crippen LogP contribution in [0.2, 0.25) is 5.02 Å². The van der Waals surface area contributed by atoms with E-state index in [0.29, 0.717) is 12.0 Å². The van der Waals surface area contributed by atoms with Crippen LogP contribution in [0.4, 0.5) is 0 Å². The summed E-state index contributed by atoms with van der Waals surface area (Å²) in [6.45, 7) is 8.76. The number of hydrogen-bond acceptors (Lipinski definition) is 3. The average molecular weight is 311 g/mol. The van der Waals surface area contributed by atoms with Gasteiger partial charge < -0.3 is 10.1 Å². The van der Waals surface area contributed by atoms with E-state index < -0.39 is 0 Å². The number of rotatable bonds is 7. The first kappa shape index (κ1) is 16.6. The molecule has 0 saturated carbocycles. The molecule has 2 rings (SSSR count). The molecule has 3 nitrogen and oxygen atoms in total. The average Bonchev–Trinajstić information content (AvgIpc) is 2.91. The Morgan fingerprint density at radius 1 is 1.43 bits per heavy atom. The minimum absolute atomic E-state index is 0.619. The summed E-state index contributed by atoms with van der Waals surface area (Å²) in [5.41, 5.74) is 1.17. The molecule has 1 fully saturated rings. The van der Waals surface area contributed by atoms with Crippen molar-refractivity contribution in [2.45, 2.75) is 39.3 Å². The fraction of sp³-hybridized carbons (Fsp3) is 0.647. The fourth-order valence-electron chi connectivity index (χ4n) is 3.06. The van der Waals surface area contributed by atoms with Crippen LogP contribution in [-0.4, -0.2) is 37.7 Å². The zero-order chi connectivity index (χ0) is 15.2. The molecule has 21 heavy (non-hydrogen) atoms. The van der Waals surface area contributed by atoms with Gasteiger partial charge in [-0.25, -0.2) is 0 Å². The van der Waals surface area contributed by atoms with Crippen LogP contribution in [0.5, 0.6) is 5.75 Å². The summed E-state index contributed by atoms with van der Waals surface area (Å²) in [5, 5.41) is 4.36. The van der Waals surface area contributed by atoms with Gasteiger partial charge in [0.15, 0.2) is 0 Å². The predicted molar refractivity (Wildman–Crippen MR) is 89.1 cm³/mol. The van der Waals surface area contributed by atoms with Gasteiger partial charge in [-0.3, -0.25) is 4.90 Å². The molecular formula is C17H27ClN2O. The van der Waals surface area contributed by atoms with Crippen molar-refractivity contribution in [3.8, 4) is 5.75 Å². The molecule has 118 valence electrons. The third kappa shape index (κ3) is 5.17. The Balaban J connectivity index is 2.07. The van der Waals surface area contributed by atoms with E-state index in [-0.39, 0.29) is 0 Å². The Morgan fingerprint density at radius 2 is 2.24 bits per heavy atom. The van der Waals surface area contributed by atoms with Crippen molar-refractivity contribution in [3.05, 3.63) is 28.8 Å². The van der Waals surface area contributed by atoms with Gasteiger partial charge in [-0.05, 0) is 43.5 Å². The third-order valence-electron chi connectivity index (χ3n) is 3.90. The minimum Gasteiger partial charge on any atom is -0.496 e. The van der Waals surface area contributed by atoms with Crippen LogP contribution in [0.15, 0.2) is 18.2 Å². The zero-order valence-corrected chi connectivity index (χ0v) is 14.1. The topological polar surface area (TPSA) is 24.5 Å². The Morgan fingerprint density at radius 3 is 2.86 bits per heavy atom. The van der Waals surface area contributed by atoms with Crippen molar-refractivity contribution in [1.82, 2.24) is 10.2 Å². The number of nitrogens with one attached hydrogen (secondary N) is 1. The van der Waals surface area contributed by atoms with Gasteiger partial charge in [-0.15, -0.1) is 0 Å². The van der Waals surface area contributed by atoms with Crippen molar-refractivity contribution in [1.29, 1.82) is 0 Å². The van der Waals surface area contributed by atoms with E-state index in [0.717, 1.165) is 37.0 Å². The number of nitrogens with zero attached hydrogens (tertiary/aromatic N) is 1. The molecule has 1 heterocycles. The van der Waals surface area contributed by atoms with Gasteiger partial charge in [0.2, 0.25) is 0 Å². The summed E-state index contributed by atoms with van der Waals surface area (Å²) < 4.78 is 5.48. The van der Waals surface area contributed by atoms with Gasteiger partial charge in [0.25, 0.3) is 0 Å². The van der Waals surface area contributed by atoms with Crippen LogP contribution in [0, 0.1) is 5.92 Å². The number of hydrogen-bond donors (Lipinski definition) is 1. The number of methoxy groups -OCH3 is 1. The van der Waals surface area contributed by atoms with E-state index in [4.69, 9.17) is 16.3 Å². The van der Waals surface area contributed by atoms with E-state index in [2.05, 4.69) is 24.1 Å². The molecule has 1 unspecified atom stereocenters. The molecule has 1 aliphatic rings. The second-order valence-corrected chi connectivity index (χ2v) is 6.77. The quantitative estimate of drug-likeness (QED) is 0.833. The van der Waals surface area contributed by atoms with Crippen molar-refractivity contribution in [2.24, 2.45) is 5.92 Å². The Hall–Kier alpha value is -0.770. The minimum atomic E-state index is 0.619. The maximum atomic E-state index is 6.15. The molecule has 1 aromatic rings. The first-order chi connectivity index (χ1) is 10.1. The SMILES string of the molecule is COc1ccc(Cl)cc1CN(CC(C)C)CC1CCCN1. The van der Waals surface area contributed by atoms with Crippen LogP contribution in [-0.2, 0) is 6.54 Å². The molecule has 0 spiro atoms. The molecule has 1 saturated heterocycles. The Bertz CT molecular complexity index is 444. The molecule has 0 bridgehead atoms. The van der Waals surface area contributed by atoms with E-state index in [1.807, 2.05) is 18.2 Å². The highest BCUT2D eigenvalue weighted by Gasteiger charge is 2.19. The maximum Gasteiger partial charge on any atom is 0.123 e. The lowest BCUT2D eigenvalue weighted by Crippen LogP contribution is -2.39. The first-order valence-electron chi connectivity index (χ1n) is 7.86. The van der Waals surface area contributed by atoms with Crippen molar-refractivity contribution < 1.29 is 4.74 Å². The Labute approximate surface area is 133 Å². The largest absolute Gasteiger partial charge is 0.496 e. The smallest absolute Gasteiger partial charge is 0.123 e. The fourth-order valence-corrected chi connectivity index (χ4v) is 3.25. The molecule has 0 radical (unpaired) electrons. The van der Waals surface area contributed by atoms with Gasteiger partial charge in [-0.2, -0.15) is 0 Å². The van der Waals surface area contributed by atoms with Gasteiger partial charge >= 0.3 is 0 Å². The molecule has 0 aromatic heterocycles. The van der Waals surface area contributed by atoms with Crippen molar-refractivity contribution >= 4 is 11.6 Å².